The lowest BCUT2D eigenvalue weighted by Crippen LogP contribution is -2.29. The van der Waals surface area contributed by atoms with Crippen molar-refractivity contribution in [1.29, 1.82) is 0 Å². The molecule has 46 valence electrons. The fourth-order valence-corrected chi connectivity index (χ4v) is 0.581. The van der Waals surface area contributed by atoms with E-state index >= 15 is 0 Å². The maximum Gasteiger partial charge on any atom is 0.210 e. The van der Waals surface area contributed by atoms with E-state index in [-0.39, 0.29) is 5.92 Å². The van der Waals surface area contributed by atoms with Crippen molar-refractivity contribution in [3.8, 4) is 0 Å². The predicted octanol–water partition coefficient (Wildman–Crippen LogP) is 0.875. The molecule has 0 amide bonds. The fourth-order valence-electron chi connectivity index (χ4n) is 0.581. The molecule has 2 unspecified atom stereocenters. The number of rotatable bonds is 0. The van der Waals surface area contributed by atoms with Gasteiger partial charge < -0.3 is 9.84 Å². The summed E-state index contributed by atoms with van der Waals surface area (Å²) in [4.78, 5) is 0. The molecule has 0 aromatic carbocycles. The lowest BCUT2D eigenvalue weighted by Gasteiger charge is -2.20. The van der Waals surface area contributed by atoms with E-state index in [0.29, 0.717) is 0 Å². The Hall–Kier alpha value is -0.500. The summed E-state index contributed by atoms with van der Waals surface area (Å²) >= 11 is 0. The van der Waals surface area contributed by atoms with Crippen LogP contribution in [0.4, 0.5) is 0 Å². The second-order valence-electron chi connectivity index (χ2n) is 2.29. The molecule has 1 heterocycles. The lowest BCUT2D eigenvalue weighted by atomic mass is 10.1. The first-order chi connectivity index (χ1) is 3.63. The minimum absolute atomic E-state index is 0.113. The molecule has 1 aliphatic rings. The number of ether oxygens (including phenoxy) is 1. The minimum Gasteiger partial charge on any atom is -0.470 e. The van der Waals surface area contributed by atoms with Crippen LogP contribution in [-0.2, 0) is 4.74 Å². The highest BCUT2D eigenvalue weighted by Gasteiger charge is 2.31. The van der Waals surface area contributed by atoms with Crippen molar-refractivity contribution in [3.63, 3.8) is 0 Å². The average molecular weight is 114 g/mol. The molecule has 0 bridgehead atoms. The molecule has 1 aliphatic heterocycles. The number of hydrogen-bond donors (Lipinski definition) is 1. The molecule has 0 aromatic rings. The third-order valence-electron chi connectivity index (χ3n) is 1.52. The van der Waals surface area contributed by atoms with Crippen LogP contribution < -0.4 is 0 Å². The SMILES string of the molecule is CC1C=COC1(C)O. The van der Waals surface area contributed by atoms with Gasteiger partial charge in [0.25, 0.3) is 0 Å². The van der Waals surface area contributed by atoms with Gasteiger partial charge in [-0.15, -0.1) is 0 Å². The van der Waals surface area contributed by atoms with E-state index in [1.165, 1.54) is 6.26 Å². The molecule has 2 nitrogen and oxygen atoms in total. The second kappa shape index (κ2) is 1.49. The molecule has 2 atom stereocenters. The van der Waals surface area contributed by atoms with Crippen LogP contribution in [0.25, 0.3) is 0 Å². The van der Waals surface area contributed by atoms with Gasteiger partial charge in [-0.2, -0.15) is 0 Å². The van der Waals surface area contributed by atoms with Crippen LogP contribution in [0, 0.1) is 5.92 Å². The standard InChI is InChI=1S/C6H10O2/c1-5-3-4-8-6(5,2)7/h3-5,7H,1-2H3. The van der Waals surface area contributed by atoms with Gasteiger partial charge in [0.1, 0.15) is 0 Å². The first-order valence-electron chi connectivity index (χ1n) is 2.70. The Balaban J connectivity index is 2.64. The summed E-state index contributed by atoms with van der Waals surface area (Å²) in [7, 11) is 0. The molecule has 8 heavy (non-hydrogen) atoms. The van der Waals surface area contributed by atoms with E-state index in [0.717, 1.165) is 0 Å². The predicted molar refractivity (Wildman–Crippen MR) is 30.0 cm³/mol. The van der Waals surface area contributed by atoms with Crippen molar-refractivity contribution in [2.75, 3.05) is 0 Å². The molecule has 0 aromatic heterocycles. The second-order valence-corrected chi connectivity index (χ2v) is 2.29. The summed E-state index contributed by atoms with van der Waals surface area (Å²) in [5, 5.41) is 9.18. The van der Waals surface area contributed by atoms with Crippen molar-refractivity contribution in [2.24, 2.45) is 5.92 Å². The van der Waals surface area contributed by atoms with Crippen LogP contribution in [0.1, 0.15) is 13.8 Å². The van der Waals surface area contributed by atoms with Gasteiger partial charge in [-0.25, -0.2) is 0 Å². The molecule has 0 saturated heterocycles. The highest BCUT2D eigenvalue weighted by molar-refractivity contribution is 4.95. The van der Waals surface area contributed by atoms with E-state index in [4.69, 9.17) is 4.74 Å². The largest absolute Gasteiger partial charge is 0.470 e. The Kier molecular flexibility index (Phi) is 1.05. The Morgan fingerprint density at radius 3 is 2.50 bits per heavy atom. The van der Waals surface area contributed by atoms with Gasteiger partial charge in [-0.1, -0.05) is 6.92 Å². The first kappa shape index (κ1) is 5.63. The van der Waals surface area contributed by atoms with Gasteiger partial charge >= 0.3 is 0 Å². The monoisotopic (exact) mass is 114 g/mol. The topological polar surface area (TPSA) is 29.5 Å². The maximum atomic E-state index is 9.18. The quantitative estimate of drug-likeness (QED) is 0.506. The van der Waals surface area contributed by atoms with Gasteiger partial charge in [-0.05, 0) is 6.08 Å². The van der Waals surface area contributed by atoms with Crippen molar-refractivity contribution in [2.45, 2.75) is 19.6 Å². The zero-order valence-corrected chi connectivity index (χ0v) is 5.09. The van der Waals surface area contributed by atoms with E-state index in [1.807, 2.05) is 13.0 Å². The Bertz CT molecular complexity index is 116. The van der Waals surface area contributed by atoms with Gasteiger partial charge in [-0.3, -0.25) is 0 Å². The summed E-state index contributed by atoms with van der Waals surface area (Å²) < 4.78 is 4.83. The molecular weight excluding hydrogens is 104 g/mol. The molecule has 1 N–H and O–H groups in total. The number of aliphatic hydroxyl groups is 1. The molecule has 1 rings (SSSR count). The maximum absolute atomic E-state index is 9.18. The highest BCUT2D eigenvalue weighted by Crippen LogP contribution is 2.25. The summed E-state index contributed by atoms with van der Waals surface area (Å²) in [6.45, 7) is 3.56. The Labute approximate surface area is 48.8 Å². The van der Waals surface area contributed by atoms with Crippen LogP contribution in [0.5, 0.6) is 0 Å². The summed E-state index contributed by atoms with van der Waals surface area (Å²) in [5.74, 6) is -0.845. The fraction of sp³-hybridized carbons (Fsp3) is 0.667. The third-order valence-corrected chi connectivity index (χ3v) is 1.52. The zero-order valence-electron chi connectivity index (χ0n) is 5.09. The van der Waals surface area contributed by atoms with Gasteiger partial charge in [0.05, 0.1) is 6.26 Å². The van der Waals surface area contributed by atoms with E-state index in [9.17, 15) is 5.11 Å². The third kappa shape index (κ3) is 0.713. The van der Waals surface area contributed by atoms with Crippen LogP contribution in [0.2, 0.25) is 0 Å². The van der Waals surface area contributed by atoms with Crippen molar-refractivity contribution in [3.05, 3.63) is 12.3 Å². The van der Waals surface area contributed by atoms with Gasteiger partial charge in [0.2, 0.25) is 5.79 Å². The van der Waals surface area contributed by atoms with Crippen molar-refractivity contribution in [1.82, 2.24) is 0 Å². The minimum atomic E-state index is -0.958. The average Bonchev–Trinajstić information content (AvgIpc) is 1.86. The van der Waals surface area contributed by atoms with Crippen molar-refractivity contribution < 1.29 is 9.84 Å². The van der Waals surface area contributed by atoms with Crippen LogP contribution in [0.15, 0.2) is 12.3 Å². The van der Waals surface area contributed by atoms with Gasteiger partial charge in [0, 0.05) is 12.8 Å². The van der Waals surface area contributed by atoms with Crippen molar-refractivity contribution >= 4 is 0 Å². The number of hydrogen-bond acceptors (Lipinski definition) is 2. The first-order valence-corrected chi connectivity index (χ1v) is 2.70. The summed E-state index contributed by atoms with van der Waals surface area (Å²) in [6, 6.07) is 0. The molecule has 0 aliphatic carbocycles. The molecule has 0 fully saturated rings. The highest BCUT2D eigenvalue weighted by atomic mass is 16.6. The smallest absolute Gasteiger partial charge is 0.210 e. The Morgan fingerprint density at radius 2 is 2.38 bits per heavy atom. The molecular formula is C6H10O2. The molecule has 0 spiro atoms. The van der Waals surface area contributed by atoms with Crippen LogP contribution in [-0.4, -0.2) is 10.9 Å². The van der Waals surface area contributed by atoms with E-state index in [1.54, 1.807) is 6.92 Å². The lowest BCUT2D eigenvalue weighted by molar-refractivity contribution is -0.159. The molecule has 0 saturated carbocycles. The van der Waals surface area contributed by atoms with E-state index in [2.05, 4.69) is 0 Å². The molecule has 2 heteroatoms. The van der Waals surface area contributed by atoms with Crippen LogP contribution >= 0.6 is 0 Å². The van der Waals surface area contributed by atoms with Crippen LogP contribution in [0.3, 0.4) is 0 Å². The van der Waals surface area contributed by atoms with Gasteiger partial charge in [0.15, 0.2) is 0 Å². The molecule has 0 radical (unpaired) electrons. The normalized spacial score (nSPS) is 44.6. The zero-order chi connectivity index (χ0) is 6.20. The summed E-state index contributed by atoms with van der Waals surface area (Å²) in [5.41, 5.74) is 0. The summed E-state index contributed by atoms with van der Waals surface area (Å²) in [6.07, 6.45) is 3.37. The van der Waals surface area contributed by atoms with E-state index < -0.39 is 5.79 Å². The Morgan fingerprint density at radius 1 is 1.75 bits per heavy atom.